The number of nitrogens with zero attached hydrogens (tertiary/aromatic N) is 1. The molecule has 0 saturated heterocycles. The lowest BCUT2D eigenvalue weighted by Crippen LogP contribution is -2.46. The monoisotopic (exact) mass is 143 g/mol. The predicted molar refractivity (Wildman–Crippen MR) is 44.3 cm³/mol. The number of quaternary nitrogens is 1. The maximum atomic E-state index is 10.9. The van der Waals surface area contributed by atoms with Crippen LogP contribution in [0.4, 0.5) is 4.79 Å². The second kappa shape index (κ2) is 3.61. The number of nitrogens with one attached hydrogen (secondary N) is 1. The molecule has 1 N–H and O–H groups in total. The molecule has 0 aliphatic heterocycles. The molecule has 10 heavy (non-hydrogen) atoms. The Labute approximate surface area is 63.3 Å². The minimum Gasteiger partial charge on any atom is -0.396 e. The molecule has 0 unspecified atom stereocenters. The van der Waals surface area contributed by atoms with Gasteiger partial charge in [-0.15, -0.1) is 0 Å². The van der Waals surface area contributed by atoms with E-state index in [-0.39, 0.29) is 5.81 Å². The van der Waals surface area contributed by atoms with Gasteiger partial charge in [-0.25, -0.2) is 0 Å². The molecule has 1 amide bonds. The summed E-state index contributed by atoms with van der Waals surface area (Å²) in [4.78, 5) is 10.9. The van der Waals surface area contributed by atoms with Crippen molar-refractivity contribution in [1.29, 1.82) is 0 Å². The zero-order chi connectivity index (χ0) is 8.20. The number of carbonyl (C=O) groups excluding carboxylic acids is 1. The summed E-state index contributed by atoms with van der Waals surface area (Å²) in [6.07, 6.45) is 0. The lowest BCUT2D eigenvalue weighted by atomic mass is 9.88. The Kier molecular flexibility index (Phi) is 3.43. The van der Waals surface area contributed by atoms with Crippen LogP contribution in [0.15, 0.2) is 0 Å². The molecular formula is C6H16BN2O+. The summed E-state index contributed by atoms with van der Waals surface area (Å²) in [7, 11) is 6.54. The maximum Gasteiger partial charge on any atom is 0.487 e. The van der Waals surface area contributed by atoms with Crippen LogP contribution in [0, 0.1) is 0 Å². The first-order chi connectivity index (χ1) is 4.45. The average Bonchev–Trinajstić information content (AvgIpc) is 1.59. The Balaban J connectivity index is 3.58. The van der Waals surface area contributed by atoms with Crippen molar-refractivity contribution < 1.29 is 9.19 Å². The van der Waals surface area contributed by atoms with Crippen LogP contribution in [-0.2, 0) is 0 Å². The summed E-state index contributed by atoms with van der Waals surface area (Å²) < 4.78 is 0.686. The van der Waals surface area contributed by atoms with Crippen LogP contribution in [0.25, 0.3) is 0 Å². The van der Waals surface area contributed by atoms with Crippen molar-refractivity contribution in [1.82, 2.24) is 5.32 Å². The number of carbonyl (C=O) groups is 1. The fourth-order valence-electron chi connectivity index (χ4n) is 0.684. The van der Waals surface area contributed by atoms with Crippen LogP contribution in [0.3, 0.4) is 0 Å². The molecule has 0 bridgehead atoms. The molecule has 0 rings (SSSR count). The van der Waals surface area contributed by atoms with Crippen molar-refractivity contribution in [3.05, 3.63) is 0 Å². The third-order valence-corrected chi connectivity index (χ3v) is 0.992. The smallest absolute Gasteiger partial charge is 0.396 e. The van der Waals surface area contributed by atoms with Gasteiger partial charge in [-0.05, 0) is 6.92 Å². The largest absolute Gasteiger partial charge is 0.487 e. The third-order valence-electron chi connectivity index (χ3n) is 0.992. The summed E-state index contributed by atoms with van der Waals surface area (Å²) in [5.41, 5.74) is 0. The molecule has 0 fully saturated rings. The summed E-state index contributed by atoms with van der Waals surface area (Å²) in [5.74, 6) is 0.120. The van der Waals surface area contributed by atoms with Crippen molar-refractivity contribution in [3.63, 3.8) is 0 Å². The second-order valence-electron chi connectivity index (χ2n) is 3.40. The zero-order valence-electron chi connectivity index (χ0n) is 7.27. The van der Waals surface area contributed by atoms with Crippen LogP contribution in [0.5, 0.6) is 0 Å². The van der Waals surface area contributed by atoms with Gasteiger partial charge in [-0.3, -0.25) is 4.79 Å². The van der Waals surface area contributed by atoms with Gasteiger partial charge < -0.3 is 9.71 Å². The molecule has 0 radical (unpaired) electrons. The number of amides is 1. The fourth-order valence-corrected chi connectivity index (χ4v) is 0.684. The Morgan fingerprint density at radius 1 is 1.50 bits per heavy atom. The molecule has 0 aromatic carbocycles. The van der Waals surface area contributed by atoms with Crippen molar-refractivity contribution in [2.24, 2.45) is 0 Å². The van der Waals surface area contributed by atoms with E-state index in [1.54, 1.807) is 0 Å². The van der Waals surface area contributed by atoms with E-state index in [0.717, 1.165) is 6.54 Å². The molecule has 0 saturated carbocycles. The van der Waals surface area contributed by atoms with Gasteiger partial charge in [0.2, 0.25) is 5.81 Å². The molecule has 0 aliphatic rings. The highest BCUT2D eigenvalue weighted by Crippen LogP contribution is 1.85. The topological polar surface area (TPSA) is 29.1 Å². The quantitative estimate of drug-likeness (QED) is 0.543. The van der Waals surface area contributed by atoms with Gasteiger partial charge in [-0.1, -0.05) is 0 Å². The molecule has 0 heterocycles. The fraction of sp³-hybridized carbons (Fsp3) is 0.833. The Morgan fingerprint density at radius 3 is 2.30 bits per heavy atom. The van der Waals surface area contributed by atoms with Crippen molar-refractivity contribution >= 4 is 13.2 Å². The van der Waals surface area contributed by atoms with Gasteiger partial charge in [0.1, 0.15) is 0 Å². The molecule has 0 aromatic heterocycles. The minimum absolute atomic E-state index is 0.120. The first-order valence-electron chi connectivity index (χ1n) is 3.53. The number of hydrogen-bond acceptors (Lipinski definition) is 1. The highest BCUT2D eigenvalue weighted by Gasteiger charge is 2.18. The lowest BCUT2D eigenvalue weighted by Gasteiger charge is -2.22. The summed E-state index contributed by atoms with van der Waals surface area (Å²) in [6, 6.07) is 0. The van der Waals surface area contributed by atoms with E-state index in [0.29, 0.717) is 11.8 Å². The van der Waals surface area contributed by atoms with Crippen molar-refractivity contribution in [2.75, 3.05) is 27.7 Å². The third kappa shape index (κ3) is 5.63. The van der Waals surface area contributed by atoms with Crippen molar-refractivity contribution in [2.45, 2.75) is 6.92 Å². The Bertz CT molecular complexity index is 119. The average molecular weight is 143 g/mol. The van der Waals surface area contributed by atoms with E-state index < -0.39 is 0 Å². The summed E-state index contributed by atoms with van der Waals surface area (Å²) >= 11 is 0. The van der Waals surface area contributed by atoms with Crippen LogP contribution >= 0.6 is 0 Å². The molecule has 58 valence electrons. The Morgan fingerprint density at radius 2 is 2.00 bits per heavy atom. The standard InChI is InChI=1S/C6H15BN2O/c1-5-8-6(10)7-9(2,3)4/h7H,5H2,1-4H3/p+1. The van der Waals surface area contributed by atoms with Crippen molar-refractivity contribution in [3.8, 4) is 0 Å². The SMILES string of the molecule is CCNC(=O)B[N+](C)(C)C. The van der Waals surface area contributed by atoms with Crippen LogP contribution in [0.2, 0.25) is 0 Å². The zero-order valence-corrected chi connectivity index (χ0v) is 7.27. The highest BCUT2D eigenvalue weighted by molar-refractivity contribution is 6.67. The maximum absolute atomic E-state index is 10.9. The molecule has 0 atom stereocenters. The van der Waals surface area contributed by atoms with E-state index in [1.807, 2.05) is 28.1 Å². The minimum atomic E-state index is 0.120. The first kappa shape index (κ1) is 9.49. The van der Waals surface area contributed by atoms with Gasteiger partial charge in [0.25, 0.3) is 0 Å². The molecule has 0 spiro atoms. The van der Waals surface area contributed by atoms with Gasteiger partial charge in [0.15, 0.2) is 0 Å². The van der Waals surface area contributed by atoms with E-state index >= 15 is 0 Å². The lowest BCUT2D eigenvalue weighted by molar-refractivity contribution is -0.753. The molecule has 0 aromatic rings. The Hall–Kier alpha value is -0.505. The molecule has 4 heteroatoms. The van der Waals surface area contributed by atoms with E-state index in [2.05, 4.69) is 5.32 Å². The van der Waals surface area contributed by atoms with E-state index in [1.165, 1.54) is 0 Å². The van der Waals surface area contributed by atoms with Gasteiger partial charge >= 0.3 is 7.41 Å². The van der Waals surface area contributed by atoms with Crippen LogP contribution in [0.1, 0.15) is 6.92 Å². The molecule has 3 nitrogen and oxygen atoms in total. The van der Waals surface area contributed by atoms with Crippen LogP contribution < -0.4 is 5.32 Å². The van der Waals surface area contributed by atoms with Gasteiger partial charge in [0, 0.05) is 27.7 Å². The number of rotatable bonds is 3. The number of hydrogen-bond donors (Lipinski definition) is 1. The highest BCUT2D eigenvalue weighted by atomic mass is 16.1. The predicted octanol–water partition coefficient (Wildman–Crippen LogP) is -0.226. The normalized spacial score (nSPS) is 10.8. The molecular weight excluding hydrogens is 127 g/mol. The molecule has 0 aliphatic carbocycles. The summed E-state index contributed by atoms with van der Waals surface area (Å²) in [6.45, 7) is 2.65. The van der Waals surface area contributed by atoms with E-state index in [4.69, 9.17) is 0 Å². The second-order valence-corrected chi connectivity index (χ2v) is 3.40. The first-order valence-corrected chi connectivity index (χ1v) is 3.53. The van der Waals surface area contributed by atoms with Gasteiger partial charge in [0.05, 0.1) is 0 Å². The van der Waals surface area contributed by atoms with E-state index in [9.17, 15) is 4.79 Å². The summed E-state index contributed by atoms with van der Waals surface area (Å²) in [5, 5.41) is 2.75. The van der Waals surface area contributed by atoms with Crippen LogP contribution in [-0.4, -0.2) is 45.3 Å². The van der Waals surface area contributed by atoms with Gasteiger partial charge in [-0.2, -0.15) is 0 Å².